The number of benzene rings is 2. The van der Waals surface area contributed by atoms with Crippen molar-refractivity contribution in [3.63, 3.8) is 0 Å². The van der Waals surface area contributed by atoms with E-state index in [0.29, 0.717) is 30.5 Å². The second kappa shape index (κ2) is 10.2. The third-order valence-corrected chi connectivity index (χ3v) is 6.68. The fourth-order valence-electron chi connectivity index (χ4n) is 3.19. The van der Waals surface area contributed by atoms with Crippen LogP contribution < -0.4 is 19.5 Å². The summed E-state index contributed by atoms with van der Waals surface area (Å²) in [6.45, 7) is 4.92. The fraction of sp³-hybridized carbons (Fsp3) is 0.409. The molecule has 1 fully saturated rings. The maximum absolute atomic E-state index is 13.1. The number of morpholine rings is 1. The predicted octanol–water partition coefficient (Wildman–Crippen LogP) is 2.76. The van der Waals surface area contributed by atoms with Gasteiger partial charge in [0.2, 0.25) is 10.0 Å². The predicted molar refractivity (Wildman–Crippen MR) is 119 cm³/mol. The van der Waals surface area contributed by atoms with E-state index in [4.69, 9.17) is 18.9 Å². The van der Waals surface area contributed by atoms with Crippen molar-refractivity contribution >= 4 is 21.6 Å². The van der Waals surface area contributed by atoms with Gasteiger partial charge in [-0.3, -0.25) is 4.79 Å². The number of ether oxygens (including phenoxy) is 4. The molecule has 1 heterocycles. The number of nitrogens with one attached hydrogen (secondary N) is 1. The molecule has 1 N–H and O–H groups in total. The van der Waals surface area contributed by atoms with E-state index in [1.807, 2.05) is 13.8 Å². The summed E-state index contributed by atoms with van der Waals surface area (Å²) in [5.41, 5.74) is 0.540. The van der Waals surface area contributed by atoms with Crippen LogP contribution in [0.2, 0.25) is 0 Å². The molecule has 0 bridgehead atoms. The van der Waals surface area contributed by atoms with Crippen LogP contribution in [0.15, 0.2) is 41.3 Å². The average molecular weight is 465 g/mol. The van der Waals surface area contributed by atoms with Crippen LogP contribution in [0.4, 0.5) is 5.69 Å². The molecule has 9 nitrogen and oxygen atoms in total. The van der Waals surface area contributed by atoms with Crippen molar-refractivity contribution in [2.75, 3.05) is 45.8 Å². The molecule has 32 heavy (non-hydrogen) atoms. The van der Waals surface area contributed by atoms with E-state index in [1.54, 1.807) is 24.3 Å². The second-order valence-electron chi connectivity index (χ2n) is 7.40. The van der Waals surface area contributed by atoms with E-state index in [0.717, 1.165) is 0 Å². The summed E-state index contributed by atoms with van der Waals surface area (Å²) in [5.74, 6) is 0.814. The summed E-state index contributed by atoms with van der Waals surface area (Å²) >= 11 is 0. The lowest BCUT2D eigenvalue weighted by Crippen LogP contribution is -2.40. The Bertz CT molecular complexity index is 1040. The van der Waals surface area contributed by atoms with Gasteiger partial charge in [0.1, 0.15) is 17.2 Å². The Morgan fingerprint density at radius 2 is 1.66 bits per heavy atom. The number of hydrogen-bond acceptors (Lipinski definition) is 7. The number of anilines is 1. The highest BCUT2D eigenvalue weighted by molar-refractivity contribution is 7.89. The first-order chi connectivity index (χ1) is 15.2. The van der Waals surface area contributed by atoms with Gasteiger partial charge in [-0.05, 0) is 44.2 Å². The molecule has 174 valence electrons. The molecule has 0 saturated carbocycles. The van der Waals surface area contributed by atoms with Crippen molar-refractivity contribution in [2.45, 2.75) is 24.8 Å². The summed E-state index contributed by atoms with van der Waals surface area (Å²) in [4.78, 5) is 13.1. The van der Waals surface area contributed by atoms with Gasteiger partial charge in [0.15, 0.2) is 0 Å². The normalized spacial score (nSPS) is 14.8. The van der Waals surface area contributed by atoms with Crippen molar-refractivity contribution in [2.24, 2.45) is 0 Å². The quantitative estimate of drug-likeness (QED) is 0.641. The lowest BCUT2D eigenvalue weighted by molar-refractivity contribution is 0.0730. The maximum atomic E-state index is 13.1. The Balaban J connectivity index is 1.96. The van der Waals surface area contributed by atoms with Gasteiger partial charge in [0.05, 0.1) is 44.1 Å². The van der Waals surface area contributed by atoms with Crippen LogP contribution in [0.1, 0.15) is 24.2 Å². The molecule has 0 aliphatic carbocycles. The highest BCUT2D eigenvalue weighted by Crippen LogP contribution is 2.31. The monoisotopic (exact) mass is 464 g/mol. The van der Waals surface area contributed by atoms with E-state index >= 15 is 0 Å². The standard InChI is InChI=1S/C22H28N2O7S/c1-15(2)31-21-6-5-19(32(26,27)24-7-9-30-10-8-24)14-20(21)23-22(25)16-11-17(28-3)13-18(12-16)29-4/h5-6,11-15H,7-10H2,1-4H3,(H,23,25). The van der Waals surface area contributed by atoms with Crippen molar-refractivity contribution in [1.29, 1.82) is 0 Å². The lowest BCUT2D eigenvalue weighted by Gasteiger charge is -2.26. The first-order valence-corrected chi connectivity index (χ1v) is 11.6. The number of methoxy groups -OCH3 is 2. The zero-order valence-corrected chi connectivity index (χ0v) is 19.4. The van der Waals surface area contributed by atoms with E-state index in [-0.39, 0.29) is 35.3 Å². The molecular weight excluding hydrogens is 436 g/mol. The number of hydrogen-bond donors (Lipinski definition) is 1. The summed E-state index contributed by atoms with van der Waals surface area (Å²) in [7, 11) is -0.763. The molecule has 0 spiro atoms. The zero-order chi connectivity index (χ0) is 23.3. The Kier molecular flexibility index (Phi) is 7.60. The summed E-state index contributed by atoms with van der Waals surface area (Å²) < 4.78 is 49.0. The maximum Gasteiger partial charge on any atom is 0.256 e. The molecule has 0 unspecified atom stereocenters. The van der Waals surface area contributed by atoms with E-state index in [1.165, 1.54) is 30.7 Å². The first-order valence-electron chi connectivity index (χ1n) is 10.2. The molecule has 3 rings (SSSR count). The molecule has 10 heteroatoms. The number of nitrogens with zero attached hydrogens (tertiary/aromatic N) is 1. The van der Waals surface area contributed by atoms with Gasteiger partial charge >= 0.3 is 0 Å². The van der Waals surface area contributed by atoms with Crippen LogP contribution in [0.3, 0.4) is 0 Å². The smallest absolute Gasteiger partial charge is 0.256 e. The van der Waals surface area contributed by atoms with Crippen LogP contribution in [0.25, 0.3) is 0 Å². The van der Waals surface area contributed by atoms with Crippen molar-refractivity contribution in [1.82, 2.24) is 4.31 Å². The van der Waals surface area contributed by atoms with E-state index in [9.17, 15) is 13.2 Å². The minimum atomic E-state index is -3.75. The van der Waals surface area contributed by atoms with E-state index < -0.39 is 15.9 Å². The number of amides is 1. The largest absolute Gasteiger partial charge is 0.497 e. The molecule has 0 atom stereocenters. The van der Waals surface area contributed by atoms with Gasteiger partial charge in [-0.25, -0.2) is 8.42 Å². The fourth-order valence-corrected chi connectivity index (χ4v) is 4.63. The minimum Gasteiger partial charge on any atom is -0.497 e. The zero-order valence-electron chi connectivity index (χ0n) is 18.6. The molecule has 1 amide bonds. The third-order valence-electron chi connectivity index (χ3n) is 4.78. The van der Waals surface area contributed by atoms with Gasteiger partial charge < -0.3 is 24.3 Å². The average Bonchev–Trinajstić information content (AvgIpc) is 2.79. The molecule has 2 aromatic carbocycles. The molecular formula is C22H28N2O7S. The van der Waals surface area contributed by atoms with Crippen LogP contribution in [0.5, 0.6) is 17.2 Å². The van der Waals surface area contributed by atoms with Gasteiger partial charge in [0.25, 0.3) is 5.91 Å². The van der Waals surface area contributed by atoms with Crippen LogP contribution in [-0.2, 0) is 14.8 Å². The van der Waals surface area contributed by atoms with Gasteiger partial charge in [-0.2, -0.15) is 4.31 Å². The lowest BCUT2D eigenvalue weighted by atomic mass is 10.1. The first kappa shape index (κ1) is 23.8. The minimum absolute atomic E-state index is 0.0639. The second-order valence-corrected chi connectivity index (χ2v) is 9.33. The molecule has 1 aliphatic rings. The van der Waals surface area contributed by atoms with Gasteiger partial charge in [-0.1, -0.05) is 0 Å². The molecule has 0 aromatic heterocycles. The Labute approximate surface area is 188 Å². The Hall–Kier alpha value is -2.82. The Morgan fingerprint density at radius 3 is 2.22 bits per heavy atom. The summed E-state index contributed by atoms with van der Waals surface area (Å²) in [6, 6.07) is 9.23. The van der Waals surface area contributed by atoms with Crippen LogP contribution >= 0.6 is 0 Å². The Morgan fingerprint density at radius 1 is 1.03 bits per heavy atom. The highest BCUT2D eigenvalue weighted by atomic mass is 32.2. The summed E-state index contributed by atoms with van der Waals surface area (Å²) in [6.07, 6.45) is -0.177. The summed E-state index contributed by atoms with van der Waals surface area (Å²) in [5, 5.41) is 2.77. The van der Waals surface area contributed by atoms with Crippen LogP contribution in [-0.4, -0.2) is 65.3 Å². The van der Waals surface area contributed by atoms with Crippen LogP contribution in [0, 0.1) is 0 Å². The van der Waals surface area contributed by atoms with Crippen molar-refractivity contribution in [3.8, 4) is 17.2 Å². The SMILES string of the molecule is COc1cc(OC)cc(C(=O)Nc2cc(S(=O)(=O)N3CCOCC3)ccc2OC(C)C)c1. The van der Waals surface area contributed by atoms with Gasteiger partial charge in [0, 0.05) is 24.7 Å². The number of carbonyl (C=O) groups is 1. The number of sulfonamides is 1. The molecule has 2 aromatic rings. The van der Waals surface area contributed by atoms with E-state index in [2.05, 4.69) is 5.32 Å². The molecule has 1 aliphatic heterocycles. The van der Waals surface area contributed by atoms with Crippen molar-refractivity contribution in [3.05, 3.63) is 42.0 Å². The van der Waals surface area contributed by atoms with Gasteiger partial charge in [-0.15, -0.1) is 0 Å². The third kappa shape index (κ3) is 5.50. The number of carbonyl (C=O) groups excluding carboxylic acids is 1. The van der Waals surface area contributed by atoms with Crippen molar-refractivity contribution < 1.29 is 32.2 Å². The molecule has 0 radical (unpaired) electrons. The number of rotatable bonds is 8. The highest BCUT2D eigenvalue weighted by Gasteiger charge is 2.27. The topological polar surface area (TPSA) is 103 Å². The molecule has 1 saturated heterocycles.